The highest BCUT2D eigenvalue weighted by atomic mass is 16.5. The number of hydrogen-bond donors (Lipinski definition) is 2. The molecule has 20 heavy (non-hydrogen) atoms. The molecule has 108 valence electrons. The van der Waals surface area contributed by atoms with Gasteiger partial charge in [-0.05, 0) is 28.8 Å². The largest absolute Gasteiger partial charge is 0.387 e. The van der Waals surface area contributed by atoms with Crippen molar-refractivity contribution in [1.29, 1.82) is 0 Å². The van der Waals surface area contributed by atoms with E-state index >= 15 is 0 Å². The van der Waals surface area contributed by atoms with Crippen LogP contribution in [0.25, 0.3) is 10.8 Å². The summed E-state index contributed by atoms with van der Waals surface area (Å²) in [6.45, 7) is 3.32. The maximum atomic E-state index is 10.3. The fourth-order valence-electron chi connectivity index (χ4n) is 2.33. The minimum absolute atomic E-state index is 0.287. The van der Waals surface area contributed by atoms with Crippen LogP contribution >= 0.6 is 0 Å². The average molecular weight is 273 g/mol. The molecular formula is C17H23NO2. The number of methoxy groups -OCH3 is 1. The summed E-state index contributed by atoms with van der Waals surface area (Å²) in [5, 5.41) is 16.0. The second-order valence-electron chi connectivity index (χ2n) is 5.09. The summed E-state index contributed by atoms with van der Waals surface area (Å²) < 4.78 is 5.15. The maximum Gasteiger partial charge on any atom is 0.0914 e. The molecule has 2 aromatic carbocycles. The predicted octanol–water partition coefficient (Wildman–Crippen LogP) is 2.89. The summed E-state index contributed by atoms with van der Waals surface area (Å²) in [6.07, 6.45) is 0.490. The summed E-state index contributed by atoms with van der Waals surface area (Å²) in [6, 6.07) is 14.6. The summed E-state index contributed by atoms with van der Waals surface area (Å²) in [5.41, 5.74) is 0.948. The van der Waals surface area contributed by atoms with E-state index in [0.717, 1.165) is 17.4 Å². The lowest BCUT2D eigenvalue weighted by Gasteiger charge is -2.19. The lowest BCUT2D eigenvalue weighted by molar-refractivity contribution is 0.137. The van der Waals surface area contributed by atoms with E-state index in [1.54, 1.807) is 7.11 Å². The molecule has 0 saturated heterocycles. The van der Waals surface area contributed by atoms with E-state index in [9.17, 15) is 5.11 Å². The summed E-state index contributed by atoms with van der Waals surface area (Å²) in [5.74, 6) is 0. The monoisotopic (exact) mass is 273 g/mol. The van der Waals surface area contributed by atoms with Crippen molar-refractivity contribution in [3.05, 3.63) is 48.0 Å². The van der Waals surface area contributed by atoms with Gasteiger partial charge in [-0.15, -0.1) is 0 Å². The van der Waals surface area contributed by atoms with Crippen molar-refractivity contribution in [2.24, 2.45) is 0 Å². The normalized spacial score (nSPS) is 14.3. The number of ether oxygens (including phenoxy) is 1. The van der Waals surface area contributed by atoms with Crippen LogP contribution in [0.5, 0.6) is 0 Å². The Bertz CT molecular complexity index is 541. The Morgan fingerprint density at radius 1 is 1.15 bits per heavy atom. The molecule has 3 nitrogen and oxygen atoms in total. The fourth-order valence-corrected chi connectivity index (χ4v) is 2.33. The van der Waals surface area contributed by atoms with Crippen LogP contribution in [0.4, 0.5) is 0 Å². The van der Waals surface area contributed by atoms with E-state index in [-0.39, 0.29) is 6.04 Å². The Labute approximate surface area is 120 Å². The highest BCUT2D eigenvalue weighted by molar-refractivity contribution is 5.83. The number of aliphatic hydroxyl groups excluding tert-OH is 1. The zero-order valence-corrected chi connectivity index (χ0v) is 12.2. The Kier molecular flexibility index (Phi) is 5.53. The molecule has 2 aromatic rings. The van der Waals surface area contributed by atoms with Gasteiger partial charge in [0.1, 0.15) is 0 Å². The third kappa shape index (κ3) is 3.79. The molecule has 0 aliphatic heterocycles. The van der Waals surface area contributed by atoms with E-state index in [1.807, 2.05) is 18.2 Å². The molecule has 3 heteroatoms. The molecule has 0 saturated carbocycles. The van der Waals surface area contributed by atoms with Gasteiger partial charge in [-0.3, -0.25) is 0 Å². The van der Waals surface area contributed by atoms with Crippen LogP contribution in [0.3, 0.4) is 0 Å². The molecule has 2 unspecified atom stereocenters. The first kappa shape index (κ1) is 15.0. The standard InChI is InChI=1S/C17H23NO2/c1-3-16(12-20-2)18-11-17(19)15-9-8-13-6-4-5-7-14(13)10-15/h4-10,16-19H,3,11-12H2,1-2H3. The molecule has 0 aliphatic carbocycles. The molecule has 2 N–H and O–H groups in total. The van der Waals surface area contributed by atoms with Gasteiger partial charge in [0.05, 0.1) is 12.7 Å². The average Bonchev–Trinajstić information content (AvgIpc) is 2.50. The van der Waals surface area contributed by atoms with Crippen LogP contribution in [0.1, 0.15) is 25.0 Å². The molecule has 0 radical (unpaired) electrons. The lowest BCUT2D eigenvalue weighted by Crippen LogP contribution is -2.35. The van der Waals surface area contributed by atoms with Crippen molar-refractivity contribution < 1.29 is 9.84 Å². The van der Waals surface area contributed by atoms with Crippen molar-refractivity contribution in [3.8, 4) is 0 Å². The molecule has 2 atom stereocenters. The maximum absolute atomic E-state index is 10.3. The Hall–Kier alpha value is -1.42. The number of aliphatic hydroxyl groups is 1. The second-order valence-corrected chi connectivity index (χ2v) is 5.09. The highest BCUT2D eigenvalue weighted by Crippen LogP contribution is 2.20. The fraction of sp³-hybridized carbons (Fsp3) is 0.412. The van der Waals surface area contributed by atoms with Crippen LogP contribution in [0, 0.1) is 0 Å². The Balaban J connectivity index is 2.01. The van der Waals surface area contributed by atoms with E-state index in [0.29, 0.717) is 13.2 Å². The topological polar surface area (TPSA) is 41.5 Å². The highest BCUT2D eigenvalue weighted by Gasteiger charge is 2.11. The van der Waals surface area contributed by atoms with Gasteiger partial charge in [-0.25, -0.2) is 0 Å². The zero-order chi connectivity index (χ0) is 14.4. The Morgan fingerprint density at radius 2 is 1.90 bits per heavy atom. The van der Waals surface area contributed by atoms with Crippen LogP contribution in [-0.4, -0.2) is 31.4 Å². The van der Waals surface area contributed by atoms with Crippen molar-refractivity contribution in [2.45, 2.75) is 25.5 Å². The SMILES string of the molecule is CCC(COC)NCC(O)c1ccc2ccccc2c1. The number of hydrogen-bond acceptors (Lipinski definition) is 3. The van der Waals surface area contributed by atoms with Crippen molar-refractivity contribution in [1.82, 2.24) is 5.32 Å². The first-order chi connectivity index (χ1) is 9.74. The van der Waals surface area contributed by atoms with Crippen LogP contribution in [0.2, 0.25) is 0 Å². The zero-order valence-electron chi connectivity index (χ0n) is 12.2. The summed E-state index contributed by atoms with van der Waals surface area (Å²) >= 11 is 0. The smallest absolute Gasteiger partial charge is 0.0914 e. The number of rotatable bonds is 7. The Morgan fingerprint density at radius 3 is 2.60 bits per heavy atom. The lowest BCUT2D eigenvalue weighted by atomic mass is 10.0. The van der Waals surface area contributed by atoms with Gasteiger partial charge in [-0.1, -0.05) is 43.3 Å². The number of benzene rings is 2. The van der Waals surface area contributed by atoms with Crippen molar-refractivity contribution in [2.75, 3.05) is 20.3 Å². The van der Waals surface area contributed by atoms with Crippen LogP contribution in [-0.2, 0) is 4.74 Å². The first-order valence-electron chi connectivity index (χ1n) is 7.13. The molecule has 0 aliphatic rings. The third-order valence-electron chi connectivity index (χ3n) is 3.62. The van der Waals surface area contributed by atoms with E-state index < -0.39 is 6.10 Å². The molecule has 0 fully saturated rings. The first-order valence-corrected chi connectivity index (χ1v) is 7.13. The minimum atomic E-state index is -0.495. The predicted molar refractivity (Wildman–Crippen MR) is 82.9 cm³/mol. The summed E-state index contributed by atoms with van der Waals surface area (Å²) in [7, 11) is 1.70. The van der Waals surface area contributed by atoms with E-state index in [4.69, 9.17) is 4.74 Å². The second kappa shape index (κ2) is 7.39. The van der Waals surface area contributed by atoms with Crippen molar-refractivity contribution in [3.63, 3.8) is 0 Å². The molecule has 0 aromatic heterocycles. The molecular weight excluding hydrogens is 250 g/mol. The quantitative estimate of drug-likeness (QED) is 0.815. The van der Waals surface area contributed by atoms with Gasteiger partial charge in [0.25, 0.3) is 0 Å². The minimum Gasteiger partial charge on any atom is -0.387 e. The summed E-state index contributed by atoms with van der Waals surface area (Å²) in [4.78, 5) is 0. The third-order valence-corrected chi connectivity index (χ3v) is 3.62. The molecule has 2 rings (SSSR count). The molecule has 0 bridgehead atoms. The van der Waals surface area contributed by atoms with Crippen molar-refractivity contribution >= 4 is 10.8 Å². The van der Waals surface area contributed by atoms with Gasteiger partial charge >= 0.3 is 0 Å². The van der Waals surface area contributed by atoms with Gasteiger partial charge in [0, 0.05) is 19.7 Å². The molecule has 0 amide bonds. The number of nitrogens with one attached hydrogen (secondary N) is 1. The van der Waals surface area contributed by atoms with Gasteiger partial charge in [-0.2, -0.15) is 0 Å². The van der Waals surface area contributed by atoms with E-state index in [2.05, 4.69) is 36.5 Å². The molecule has 0 spiro atoms. The molecule has 0 heterocycles. The van der Waals surface area contributed by atoms with Gasteiger partial charge in [0.15, 0.2) is 0 Å². The van der Waals surface area contributed by atoms with E-state index in [1.165, 1.54) is 5.39 Å². The van der Waals surface area contributed by atoms with Crippen LogP contribution < -0.4 is 5.32 Å². The number of fused-ring (bicyclic) bond motifs is 1. The van der Waals surface area contributed by atoms with Crippen LogP contribution in [0.15, 0.2) is 42.5 Å². The van der Waals surface area contributed by atoms with Gasteiger partial charge < -0.3 is 15.2 Å². The van der Waals surface area contributed by atoms with Gasteiger partial charge in [0.2, 0.25) is 0 Å².